The third-order valence-corrected chi connectivity index (χ3v) is 5.35. The zero-order valence-corrected chi connectivity index (χ0v) is 12.7. The van der Waals surface area contributed by atoms with Crippen molar-refractivity contribution in [1.82, 2.24) is 4.31 Å². The molecule has 0 spiro atoms. The molecule has 0 fully saturated rings. The third kappa shape index (κ3) is 3.07. The molecule has 1 rings (SSSR count). The molecule has 20 heavy (non-hydrogen) atoms. The molecule has 1 aromatic rings. The quantitative estimate of drug-likeness (QED) is 0.507. The average Bonchev–Trinajstić information content (AvgIpc) is 2.36. The van der Waals surface area contributed by atoms with E-state index in [2.05, 4.69) is 0 Å². The minimum Gasteiger partial charge on any atom is -0.399 e. The van der Waals surface area contributed by atoms with E-state index in [0.717, 1.165) is 16.4 Å². The van der Waals surface area contributed by atoms with Crippen molar-refractivity contribution >= 4 is 21.4 Å². The largest absolute Gasteiger partial charge is 0.399 e. The molecular formula is C12H19N3O4S. The molecule has 0 heterocycles. The van der Waals surface area contributed by atoms with E-state index >= 15 is 0 Å². The highest BCUT2D eigenvalue weighted by atomic mass is 32.2. The van der Waals surface area contributed by atoms with Crippen LogP contribution >= 0.6 is 0 Å². The summed E-state index contributed by atoms with van der Waals surface area (Å²) in [5, 5.41) is 11.0. The molecule has 1 unspecified atom stereocenters. The highest BCUT2D eigenvalue weighted by molar-refractivity contribution is 7.89. The van der Waals surface area contributed by atoms with Gasteiger partial charge in [-0.05, 0) is 25.0 Å². The average molecular weight is 301 g/mol. The van der Waals surface area contributed by atoms with Gasteiger partial charge in [0.2, 0.25) is 10.0 Å². The molecular weight excluding hydrogens is 282 g/mol. The summed E-state index contributed by atoms with van der Waals surface area (Å²) >= 11 is 0. The van der Waals surface area contributed by atoms with Crippen molar-refractivity contribution < 1.29 is 13.3 Å². The second-order valence-electron chi connectivity index (χ2n) is 4.99. The van der Waals surface area contributed by atoms with Gasteiger partial charge in [-0.25, -0.2) is 8.42 Å². The van der Waals surface area contributed by atoms with Gasteiger partial charge >= 0.3 is 0 Å². The van der Waals surface area contributed by atoms with Crippen molar-refractivity contribution in [1.29, 1.82) is 0 Å². The zero-order chi connectivity index (χ0) is 15.7. The van der Waals surface area contributed by atoms with E-state index in [1.54, 1.807) is 6.92 Å². The van der Waals surface area contributed by atoms with E-state index in [-0.39, 0.29) is 22.5 Å². The Bertz CT molecular complexity index is 613. The summed E-state index contributed by atoms with van der Waals surface area (Å²) in [7, 11) is -2.56. The number of hydrogen-bond donors (Lipinski definition) is 1. The number of benzene rings is 1. The van der Waals surface area contributed by atoms with Gasteiger partial charge in [-0.3, -0.25) is 10.1 Å². The number of nitrogens with zero attached hydrogens (tertiary/aromatic N) is 2. The fourth-order valence-electron chi connectivity index (χ4n) is 1.68. The molecule has 0 saturated carbocycles. The van der Waals surface area contributed by atoms with E-state index in [0.29, 0.717) is 0 Å². The van der Waals surface area contributed by atoms with E-state index in [9.17, 15) is 18.5 Å². The van der Waals surface area contributed by atoms with Gasteiger partial charge in [0.15, 0.2) is 4.90 Å². The van der Waals surface area contributed by atoms with Crippen molar-refractivity contribution in [3.05, 3.63) is 28.3 Å². The summed E-state index contributed by atoms with van der Waals surface area (Å²) in [5.74, 6) is 0.0786. The van der Waals surface area contributed by atoms with Crippen LogP contribution in [0.5, 0.6) is 0 Å². The highest BCUT2D eigenvalue weighted by Gasteiger charge is 2.33. The predicted molar refractivity (Wildman–Crippen MR) is 76.8 cm³/mol. The van der Waals surface area contributed by atoms with E-state index in [1.807, 2.05) is 13.8 Å². The number of hydrogen-bond acceptors (Lipinski definition) is 5. The Labute approximate surface area is 118 Å². The Morgan fingerprint density at radius 2 is 1.85 bits per heavy atom. The molecule has 8 heteroatoms. The van der Waals surface area contributed by atoms with Crippen molar-refractivity contribution in [3.8, 4) is 0 Å². The maximum atomic E-state index is 12.5. The predicted octanol–water partition coefficient (Wildman–Crippen LogP) is 1.84. The summed E-state index contributed by atoms with van der Waals surface area (Å²) < 4.78 is 26.2. The van der Waals surface area contributed by atoms with Crippen molar-refractivity contribution in [3.63, 3.8) is 0 Å². The SMILES string of the molecule is CC(C)C(C)N(C)S(=O)(=O)c1cc(N)ccc1[N+](=O)[O-]. The number of nitrogens with two attached hydrogens (primary N) is 1. The first-order valence-corrected chi connectivity index (χ1v) is 7.55. The lowest BCUT2D eigenvalue weighted by Gasteiger charge is -2.27. The topological polar surface area (TPSA) is 107 Å². The van der Waals surface area contributed by atoms with E-state index in [1.165, 1.54) is 13.1 Å². The first-order valence-electron chi connectivity index (χ1n) is 6.11. The van der Waals surface area contributed by atoms with Gasteiger partial charge in [-0.1, -0.05) is 13.8 Å². The molecule has 2 N–H and O–H groups in total. The number of nitro groups is 1. The van der Waals surface area contributed by atoms with Gasteiger partial charge in [0.25, 0.3) is 5.69 Å². The lowest BCUT2D eigenvalue weighted by molar-refractivity contribution is -0.387. The number of anilines is 1. The van der Waals surface area contributed by atoms with Crippen LogP contribution in [0.4, 0.5) is 11.4 Å². The summed E-state index contributed by atoms with van der Waals surface area (Å²) in [4.78, 5) is 9.89. The van der Waals surface area contributed by atoms with Gasteiger partial charge in [0.05, 0.1) is 4.92 Å². The third-order valence-electron chi connectivity index (χ3n) is 3.38. The van der Waals surface area contributed by atoms with E-state index < -0.39 is 20.6 Å². The minimum absolute atomic E-state index is 0.0786. The molecule has 0 saturated heterocycles. The Morgan fingerprint density at radius 1 is 1.30 bits per heavy atom. The van der Waals surface area contributed by atoms with Gasteiger partial charge in [-0.2, -0.15) is 4.31 Å². The first kappa shape index (κ1) is 16.4. The molecule has 0 radical (unpaired) electrons. The summed E-state index contributed by atoms with van der Waals surface area (Å²) in [6.07, 6.45) is 0. The monoisotopic (exact) mass is 301 g/mol. The van der Waals surface area contributed by atoms with Crippen LogP contribution < -0.4 is 5.73 Å². The normalized spacial score (nSPS) is 13.7. The van der Waals surface area contributed by atoms with Crippen molar-refractivity contribution in [2.75, 3.05) is 12.8 Å². The molecule has 1 atom stereocenters. The molecule has 0 aliphatic heterocycles. The number of nitrogen functional groups attached to an aromatic ring is 1. The molecule has 7 nitrogen and oxygen atoms in total. The second-order valence-corrected chi connectivity index (χ2v) is 6.96. The van der Waals surface area contributed by atoms with Gasteiger partial charge in [-0.15, -0.1) is 0 Å². The molecule has 0 amide bonds. The molecule has 112 valence electrons. The van der Waals surface area contributed by atoms with E-state index in [4.69, 9.17) is 5.73 Å². The minimum atomic E-state index is -3.97. The van der Waals surface area contributed by atoms with Gasteiger partial charge in [0, 0.05) is 24.8 Å². The lowest BCUT2D eigenvalue weighted by Crippen LogP contribution is -2.38. The Hall–Kier alpha value is -1.67. The summed E-state index contributed by atoms with van der Waals surface area (Å²) in [6, 6.07) is 3.25. The maximum absolute atomic E-state index is 12.5. The van der Waals surface area contributed by atoms with Crippen LogP contribution in [0.3, 0.4) is 0 Å². The fraction of sp³-hybridized carbons (Fsp3) is 0.500. The summed E-state index contributed by atoms with van der Waals surface area (Å²) in [6.45, 7) is 5.51. The number of sulfonamides is 1. The van der Waals surface area contributed by atoms with Crippen molar-refractivity contribution in [2.24, 2.45) is 5.92 Å². The number of nitro benzene ring substituents is 1. The standard InChI is InChI=1S/C12H19N3O4S/c1-8(2)9(3)14(4)20(18,19)12-7-10(13)5-6-11(12)15(16)17/h5-9H,13H2,1-4H3. The lowest BCUT2D eigenvalue weighted by atomic mass is 10.1. The highest BCUT2D eigenvalue weighted by Crippen LogP contribution is 2.29. The van der Waals surface area contributed by atoms with Gasteiger partial charge < -0.3 is 5.73 Å². The Balaban J connectivity index is 3.42. The van der Waals surface area contributed by atoms with Crippen LogP contribution in [0.2, 0.25) is 0 Å². The second kappa shape index (κ2) is 5.76. The van der Waals surface area contributed by atoms with Crippen LogP contribution in [0.1, 0.15) is 20.8 Å². The van der Waals surface area contributed by atoms with Crippen LogP contribution in [0, 0.1) is 16.0 Å². The fourth-order valence-corrected chi connectivity index (χ4v) is 3.37. The van der Waals surface area contributed by atoms with Crippen LogP contribution in [0.25, 0.3) is 0 Å². The molecule has 1 aromatic carbocycles. The van der Waals surface area contributed by atoms with Crippen LogP contribution in [-0.2, 0) is 10.0 Å². The molecule has 0 aliphatic rings. The Kier molecular flexibility index (Phi) is 4.72. The zero-order valence-electron chi connectivity index (χ0n) is 11.9. The molecule has 0 aromatic heterocycles. The van der Waals surface area contributed by atoms with Crippen LogP contribution in [-0.4, -0.2) is 30.7 Å². The number of rotatable bonds is 5. The van der Waals surface area contributed by atoms with Crippen molar-refractivity contribution in [2.45, 2.75) is 31.7 Å². The molecule has 0 bridgehead atoms. The summed E-state index contributed by atoms with van der Waals surface area (Å²) in [5.41, 5.74) is 5.25. The Morgan fingerprint density at radius 3 is 2.30 bits per heavy atom. The van der Waals surface area contributed by atoms with Crippen LogP contribution in [0.15, 0.2) is 23.1 Å². The van der Waals surface area contributed by atoms with Gasteiger partial charge in [0.1, 0.15) is 0 Å². The smallest absolute Gasteiger partial charge is 0.289 e. The first-order chi connectivity index (χ1) is 9.09. The maximum Gasteiger partial charge on any atom is 0.289 e. The molecule has 0 aliphatic carbocycles.